The number of carbonyl (C=O) groups excluding carboxylic acids is 1. The van der Waals surface area contributed by atoms with Gasteiger partial charge in [0.1, 0.15) is 6.10 Å². The molecule has 2 aliphatic heterocycles. The van der Waals surface area contributed by atoms with Crippen molar-refractivity contribution in [1.29, 1.82) is 0 Å². The Morgan fingerprint density at radius 2 is 2.37 bits per heavy atom. The molecule has 7 heteroatoms. The molecule has 2 aliphatic rings. The monoisotopic (exact) mass is 267 g/mol. The lowest BCUT2D eigenvalue weighted by molar-refractivity contribution is -0.193. The average molecular weight is 267 g/mol. The lowest BCUT2D eigenvalue weighted by atomic mass is 10.0. The van der Waals surface area contributed by atoms with Crippen LogP contribution < -0.4 is 4.74 Å². The van der Waals surface area contributed by atoms with Gasteiger partial charge in [-0.15, -0.1) is 0 Å². The van der Waals surface area contributed by atoms with E-state index in [9.17, 15) is 9.90 Å². The Hall–Kier alpha value is -1.70. The fourth-order valence-electron chi connectivity index (χ4n) is 2.18. The molecule has 0 spiro atoms. The predicted molar refractivity (Wildman–Crippen MR) is 60.1 cm³/mol. The molecule has 0 aromatic carbocycles. The first kappa shape index (κ1) is 12.3. The van der Waals surface area contributed by atoms with Crippen LogP contribution in [0.2, 0.25) is 0 Å². The number of carbonyl (C=O) groups is 1. The number of aliphatic hydroxyl groups is 1. The molecule has 0 saturated carbocycles. The van der Waals surface area contributed by atoms with Gasteiger partial charge in [-0.1, -0.05) is 6.07 Å². The fraction of sp³-hybridized carbons (Fsp3) is 0.500. The summed E-state index contributed by atoms with van der Waals surface area (Å²) in [7, 11) is 0. The van der Waals surface area contributed by atoms with E-state index in [1.54, 1.807) is 12.1 Å². The zero-order valence-corrected chi connectivity index (χ0v) is 9.97. The topological polar surface area (TPSA) is 87.1 Å². The van der Waals surface area contributed by atoms with E-state index in [2.05, 4.69) is 4.98 Å². The Balaban J connectivity index is 1.56. The van der Waals surface area contributed by atoms with E-state index in [0.29, 0.717) is 13.0 Å². The van der Waals surface area contributed by atoms with Crippen LogP contribution in [0.1, 0.15) is 6.42 Å². The van der Waals surface area contributed by atoms with Crippen LogP contribution in [-0.2, 0) is 14.2 Å². The van der Waals surface area contributed by atoms with Gasteiger partial charge in [-0.2, -0.15) is 0 Å². The summed E-state index contributed by atoms with van der Waals surface area (Å²) in [5, 5.41) is 9.92. The van der Waals surface area contributed by atoms with E-state index in [4.69, 9.17) is 18.9 Å². The maximum Gasteiger partial charge on any atom is 0.517 e. The maximum absolute atomic E-state index is 11.5. The number of rotatable bonds is 2. The lowest BCUT2D eigenvalue weighted by Gasteiger charge is -2.16. The first-order valence-electron chi connectivity index (χ1n) is 5.98. The smallest absolute Gasteiger partial charge is 0.401 e. The molecule has 1 aromatic rings. The van der Waals surface area contributed by atoms with Gasteiger partial charge in [0.05, 0.1) is 6.61 Å². The van der Waals surface area contributed by atoms with Crippen LogP contribution in [0.15, 0.2) is 24.4 Å². The number of pyridine rings is 1. The predicted octanol–water partition coefficient (Wildman–Crippen LogP) is 0.677. The second-order valence-corrected chi connectivity index (χ2v) is 4.32. The molecule has 3 heterocycles. The molecular weight excluding hydrogens is 254 g/mol. The molecule has 0 radical (unpaired) electrons. The number of hydrogen-bond acceptors (Lipinski definition) is 7. The van der Waals surface area contributed by atoms with Crippen molar-refractivity contribution >= 4 is 6.16 Å². The molecule has 4 atom stereocenters. The molecule has 0 bridgehead atoms. The van der Waals surface area contributed by atoms with Crippen LogP contribution in [0.5, 0.6) is 5.88 Å². The summed E-state index contributed by atoms with van der Waals surface area (Å²) in [6.07, 6.45) is -1.27. The number of aliphatic hydroxyl groups excluding tert-OH is 1. The van der Waals surface area contributed by atoms with Gasteiger partial charge in [0.2, 0.25) is 12.2 Å². The molecule has 19 heavy (non-hydrogen) atoms. The highest BCUT2D eigenvalue weighted by atomic mass is 16.8. The molecular formula is C12H13NO6. The number of fused-ring (bicyclic) bond motifs is 1. The summed E-state index contributed by atoms with van der Waals surface area (Å²) >= 11 is 0. The van der Waals surface area contributed by atoms with Crippen molar-refractivity contribution < 1.29 is 28.8 Å². The first-order valence-corrected chi connectivity index (χ1v) is 5.98. The summed E-state index contributed by atoms with van der Waals surface area (Å²) in [5.74, 6) is -0.0379. The van der Waals surface area contributed by atoms with Crippen LogP contribution in [0, 0.1) is 5.92 Å². The SMILES string of the molecule is O=C(Oc1ccccn1)OC1O[C@H]2OCC[C@H]2[C@H]1O. The van der Waals surface area contributed by atoms with Crippen LogP contribution in [0.4, 0.5) is 4.79 Å². The summed E-state index contributed by atoms with van der Waals surface area (Å²) in [4.78, 5) is 15.3. The van der Waals surface area contributed by atoms with Crippen LogP contribution >= 0.6 is 0 Å². The third kappa shape index (κ3) is 2.53. The number of hydrogen-bond donors (Lipinski definition) is 1. The number of aromatic nitrogens is 1. The van der Waals surface area contributed by atoms with Crippen molar-refractivity contribution in [2.75, 3.05) is 6.61 Å². The van der Waals surface area contributed by atoms with Gasteiger partial charge in [0.25, 0.3) is 0 Å². The van der Waals surface area contributed by atoms with Crippen LogP contribution in [0.3, 0.4) is 0 Å². The van der Waals surface area contributed by atoms with Crippen molar-refractivity contribution in [2.24, 2.45) is 5.92 Å². The molecule has 2 saturated heterocycles. The molecule has 0 amide bonds. The minimum absolute atomic E-state index is 0.122. The highest BCUT2D eigenvalue weighted by Crippen LogP contribution is 2.35. The Bertz CT molecular complexity index is 453. The first-order chi connectivity index (χ1) is 9.24. The molecule has 1 unspecified atom stereocenters. The van der Waals surface area contributed by atoms with E-state index in [-0.39, 0.29) is 11.8 Å². The molecule has 1 aromatic heterocycles. The maximum atomic E-state index is 11.5. The summed E-state index contributed by atoms with van der Waals surface area (Å²) in [5.41, 5.74) is 0. The lowest BCUT2D eigenvalue weighted by Crippen LogP contribution is -2.32. The number of ether oxygens (including phenoxy) is 4. The van der Waals surface area contributed by atoms with E-state index < -0.39 is 24.8 Å². The molecule has 3 rings (SSSR count). The van der Waals surface area contributed by atoms with Gasteiger partial charge < -0.3 is 24.1 Å². The minimum Gasteiger partial charge on any atom is -0.401 e. The highest BCUT2D eigenvalue weighted by Gasteiger charge is 2.49. The molecule has 0 aliphatic carbocycles. The normalized spacial score (nSPS) is 32.9. The zero-order chi connectivity index (χ0) is 13.2. The van der Waals surface area contributed by atoms with Crippen LogP contribution in [-0.4, -0.2) is 41.5 Å². The molecule has 102 valence electrons. The second kappa shape index (κ2) is 5.12. The van der Waals surface area contributed by atoms with Gasteiger partial charge >= 0.3 is 6.16 Å². The molecule has 2 fully saturated rings. The van der Waals surface area contributed by atoms with Gasteiger partial charge in [0, 0.05) is 18.2 Å². The van der Waals surface area contributed by atoms with Crippen LogP contribution in [0.25, 0.3) is 0 Å². The van der Waals surface area contributed by atoms with E-state index in [1.165, 1.54) is 12.3 Å². The Morgan fingerprint density at radius 1 is 1.47 bits per heavy atom. The van der Waals surface area contributed by atoms with Crippen molar-refractivity contribution in [2.45, 2.75) is 25.1 Å². The number of nitrogens with zero attached hydrogens (tertiary/aromatic N) is 1. The molecule has 1 N–H and O–H groups in total. The van der Waals surface area contributed by atoms with Crippen molar-refractivity contribution in [1.82, 2.24) is 4.98 Å². The zero-order valence-electron chi connectivity index (χ0n) is 9.97. The van der Waals surface area contributed by atoms with Crippen molar-refractivity contribution in [3.63, 3.8) is 0 Å². The standard InChI is InChI=1S/C12H13NO6/c14-9-7-4-6-16-10(7)18-11(9)19-12(15)17-8-3-1-2-5-13-8/h1-3,5,7,9-11,14H,4,6H2/t7-,9+,10+,11?/m0/s1. The largest absolute Gasteiger partial charge is 0.517 e. The van der Waals surface area contributed by atoms with Crippen molar-refractivity contribution in [3.8, 4) is 5.88 Å². The second-order valence-electron chi connectivity index (χ2n) is 4.32. The van der Waals surface area contributed by atoms with Crippen molar-refractivity contribution in [3.05, 3.63) is 24.4 Å². The van der Waals surface area contributed by atoms with Gasteiger partial charge in [-0.3, -0.25) is 0 Å². The molecule has 7 nitrogen and oxygen atoms in total. The quantitative estimate of drug-likeness (QED) is 0.788. The van der Waals surface area contributed by atoms with Gasteiger partial charge in [0.15, 0.2) is 6.29 Å². The summed E-state index contributed by atoms with van der Waals surface area (Å²) < 4.78 is 20.3. The average Bonchev–Trinajstić information content (AvgIpc) is 2.96. The fourth-order valence-corrected chi connectivity index (χ4v) is 2.18. The Kier molecular flexibility index (Phi) is 3.33. The highest BCUT2D eigenvalue weighted by molar-refractivity contribution is 5.63. The van der Waals surface area contributed by atoms with Gasteiger partial charge in [-0.05, 0) is 12.5 Å². The van der Waals surface area contributed by atoms with Gasteiger partial charge in [-0.25, -0.2) is 9.78 Å². The van der Waals surface area contributed by atoms with E-state index >= 15 is 0 Å². The Labute approximate surface area is 109 Å². The summed E-state index contributed by atoms with van der Waals surface area (Å²) in [6, 6.07) is 4.89. The van der Waals surface area contributed by atoms with E-state index in [1.807, 2.05) is 0 Å². The minimum atomic E-state index is -1.06. The Morgan fingerprint density at radius 3 is 3.11 bits per heavy atom. The third-order valence-electron chi connectivity index (χ3n) is 3.11. The third-order valence-corrected chi connectivity index (χ3v) is 3.11. The van der Waals surface area contributed by atoms with E-state index in [0.717, 1.165) is 0 Å². The summed E-state index contributed by atoms with van der Waals surface area (Å²) in [6.45, 7) is 0.539.